The summed E-state index contributed by atoms with van der Waals surface area (Å²) in [5, 5.41) is 12.2. The first-order chi connectivity index (χ1) is 5.74. The average molecular weight is 173 g/mol. The minimum Gasteiger partial charge on any atom is -0.395 e. The molecule has 0 spiro atoms. The zero-order chi connectivity index (χ0) is 9.45. The van der Waals surface area contributed by atoms with Crippen LogP contribution < -0.4 is 5.32 Å². The molecule has 0 saturated carbocycles. The van der Waals surface area contributed by atoms with Gasteiger partial charge in [-0.3, -0.25) is 0 Å². The second-order valence-corrected chi connectivity index (χ2v) is 3.39. The fourth-order valence-electron chi connectivity index (χ4n) is 1.74. The molecule has 0 aliphatic rings. The minimum atomic E-state index is 0.242. The van der Waals surface area contributed by atoms with Crippen LogP contribution in [0.15, 0.2) is 0 Å². The van der Waals surface area contributed by atoms with Crippen molar-refractivity contribution >= 4 is 0 Å². The van der Waals surface area contributed by atoms with Gasteiger partial charge in [0.1, 0.15) is 0 Å². The number of aliphatic hydroxyl groups is 1. The van der Waals surface area contributed by atoms with Gasteiger partial charge in [-0.1, -0.05) is 27.2 Å². The van der Waals surface area contributed by atoms with E-state index in [-0.39, 0.29) is 12.1 Å². The molecule has 0 aromatic carbocycles. The lowest BCUT2D eigenvalue weighted by Crippen LogP contribution is -2.45. The SMILES string of the molecule is CCCC(CC)(CC)NCCO. The Morgan fingerprint density at radius 2 is 1.75 bits per heavy atom. The lowest BCUT2D eigenvalue weighted by atomic mass is 9.88. The molecule has 0 aromatic rings. The highest BCUT2D eigenvalue weighted by atomic mass is 16.3. The summed E-state index contributed by atoms with van der Waals surface area (Å²) < 4.78 is 0. The number of β-amino-alcohol motifs (C(OH)–C–C–N with tert-alkyl or cyclic N) is 1. The van der Waals surface area contributed by atoms with Crippen molar-refractivity contribution in [1.82, 2.24) is 5.32 Å². The lowest BCUT2D eigenvalue weighted by Gasteiger charge is -2.32. The summed E-state index contributed by atoms with van der Waals surface area (Å²) in [6, 6.07) is 0. The van der Waals surface area contributed by atoms with E-state index in [1.165, 1.54) is 12.8 Å². The molecule has 2 heteroatoms. The van der Waals surface area contributed by atoms with Gasteiger partial charge >= 0.3 is 0 Å². The molecule has 0 atom stereocenters. The Morgan fingerprint density at radius 1 is 1.17 bits per heavy atom. The van der Waals surface area contributed by atoms with Gasteiger partial charge in [0, 0.05) is 12.1 Å². The summed E-state index contributed by atoms with van der Waals surface area (Å²) in [4.78, 5) is 0. The largest absolute Gasteiger partial charge is 0.395 e. The Kier molecular flexibility index (Phi) is 6.39. The van der Waals surface area contributed by atoms with Gasteiger partial charge in [0.15, 0.2) is 0 Å². The molecule has 0 saturated heterocycles. The van der Waals surface area contributed by atoms with Gasteiger partial charge in [-0.25, -0.2) is 0 Å². The minimum absolute atomic E-state index is 0.242. The first kappa shape index (κ1) is 11.9. The molecule has 0 rings (SSSR count). The van der Waals surface area contributed by atoms with Gasteiger partial charge in [0.2, 0.25) is 0 Å². The van der Waals surface area contributed by atoms with Crippen LogP contribution in [0.4, 0.5) is 0 Å². The van der Waals surface area contributed by atoms with Crippen molar-refractivity contribution in [2.24, 2.45) is 0 Å². The van der Waals surface area contributed by atoms with E-state index in [1.54, 1.807) is 0 Å². The van der Waals surface area contributed by atoms with E-state index in [0.29, 0.717) is 0 Å². The molecule has 0 bridgehead atoms. The molecule has 0 aliphatic carbocycles. The molecule has 0 fully saturated rings. The third-order valence-corrected chi connectivity index (χ3v) is 2.69. The molecule has 0 radical (unpaired) electrons. The van der Waals surface area contributed by atoms with Gasteiger partial charge in [0.05, 0.1) is 6.61 Å². The molecule has 2 nitrogen and oxygen atoms in total. The third kappa shape index (κ3) is 3.55. The van der Waals surface area contributed by atoms with Crippen LogP contribution in [0.3, 0.4) is 0 Å². The maximum absolute atomic E-state index is 8.73. The first-order valence-corrected chi connectivity index (χ1v) is 5.10. The molecule has 0 heterocycles. The second-order valence-electron chi connectivity index (χ2n) is 3.39. The molecule has 74 valence electrons. The normalized spacial score (nSPS) is 12.0. The molecule has 2 N–H and O–H groups in total. The van der Waals surface area contributed by atoms with E-state index in [9.17, 15) is 0 Å². The molecule has 0 aliphatic heterocycles. The molecule has 0 unspecified atom stereocenters. The summed E-state index contributed by atoms with van der Waals surface area (Å²) >= 11 is 0. The zero-order valence-electron chi connectivity index (χ0n) is 8.69. The fraction of sp³-hybridized carbons (Fsp3) is 1.00. The average Bonchev–Trinajstić information content (AvgIpc) is 2.13. The van der Waals surface area contributed by atoms with Crippen LogP contribution in [0.5, 0.6) is 0 Å². The van der Waals surface area contributed by atoms with Crippen LogP contribution in [0.2, 0.25) is 0 Å². The van der Waals surface area contributed by atoms with E-state index < -0.39 is 0 Å². The quantitative estimate of drug-likeness (QED) is 0.616. The first-order valence-electron chi connectivity index (χ1n) is 5.10. The number of aliphatic hydroxyl groups excluding tert-OH is 1. The number of hydrogen-bond donors (Lipinski definition) is 2. The van der Waals surface area contributed by atoms with Crippen LogP contribution in [0.1, 0.15) is 46.5 Å². The number of hydrogen-bond acceptors (Lipinski definition) is 2. The maximum Gasteiger partial charge on any atom is 0.0556 e. The summed E-state index contributed by atoms with van der Waals surface area (Å²) in [7, 11) is 0. The summed E-state index contributed by atoms with van der Waals surface area (Å²) in [6.45, 7) is 7.60. The summed E-state index contributed by atoms with van der Waals surface area (Å²) in [5.41, 5.74) is 0.275. The Morgan fingerprint density at radius 3 is 2.08 bits per heavy atom. The van der Waals surface area contributed by atoms with Gasteiger partial charge in [-0.05, 0) is 19.3 Å². The topological polar surface area (TPSA) is 32.3 Å². The molecular weight excluding hydrogens is 150 g/mol. The van der Waals surface area contributed by atoms with Crippen molar-refractivity contribution in [3.63, 3.8) is 0 Å². The molecule has 0 aromatic heterocycles. The van der Waals surface area contributed by atoms with Gasteiger partial charge in [-0.2, -0.15) is 0 Å². The van der Waals surface area contributed by atoms with E-state index >= 15 is 0 Å². The van der Waals surface area contributed by atoms with Crippen molar-refractivity contribution < 1.29 is 5.11 Å². The van der Waals surface area contributed by atoms with Crippen molar-refractivity contribution in [2.75, 3.05) is 13.2 Å². The van der Waals surface area contributed by atoms with E-state index in [1.807, 2.05) is 0 Å². The number of rotatable bonds is 7. The predicted molar refractivity (Wildman–Crippen MR) is 53.3 cm³/mol. The molecular formula is C10H23NO. The second kappa shape index (κ2) is 6.44. The van der Waals surface area contributed by atoms with Crippen molar-refractivity contribution in [1.29, 1.82) is 0 Å². The van der Waals surface area contributed by atoms with Gasteiger partial charge in [0.25, 0.3) is 0 Å². The Balaban J connectivity index is 3.95. The highest BCUT2D eigenvalue weighted by Gasteiger charge is 2.23. The lowest BCUT2D eigenvalue weighted by molar-refractivity contribution is 0.229. The maximum atomic E-state index is 8.73. The smallest absolute Gasteiger partial charge is 0.0556 e. The molecule has 0 amide bonds. The van der Waals surface area contributed by atoms with Crippen LogP contribution in [-0.4, -0.2) is 23.8 Å². The van der Waals surface area contributed by atoms with Crippen molar-refractivity contribution in [3.05, 3.63) is 0 Å². The zero-order valence-corrected chi connectivity index (χ0v) is 8.69. The van der Waals surface area contributed by atoms with E-state index in [0.717, 1.165) is 19.4 Å². The number of nitrogens with one attached hydrogen (secondary N) is 1. The Bertz CT molecular complexity index is 100. The van der Waals surface area contributed by atoms with Crippen molar-refractivity contribution in [2.45, 2.75) is 52.0 Å². The standard InChI is InChI=1S/C10H23NO/c1-4-7-10(5-2,6-3)11-8-9-12/h11-12H,4-9H2,1-3H3. The highest BCUT2D eigenvalue weighted by molar-refractivity contribution is 4.84. The van der Waals surface area contributed by atoms with E-state index in [4.69, 9.17) is 5.11 Å². The van der Waals surface area contributed by atoms with Crippen molar-refractivity contribution in [3.8, 4) is 0 Å². The van der Waals surface area contributed by atoms with Crippen LogP contribution in [0, 0.1) is 0 Å². The van der Waals surface area contributed by atoms with Crippen LogP contribution in [0.25, 0.3) is 0 Å². The van der Waals surface area contributed by atoms with Gasteiger partial charge < -0.3 is 10.4 Å². The highest BCUT2D eigenvalue weighted by Crippen LogP contribution is 2.20. The molecule has 12 heavy (non-hydrogen) atoms. The Labute approximate surface area is 76.4 Å². The van der Waals surface area contributed by atoms with Crippen LogP contribution in [-0.2, 0) is 0 Å². The fourth-order valence-corrected chi connectivity index (χ4v) is 1.74. The van der Waals surface area contributed by atoms with Crippen LogP contribution >= 0.6 is 0 Å². The van der Waals surface area contributed by atoms with Gasteiger partial charge in [-0.15, -0.1) is 0 Å². The third-order valence-electron chi connectivity index (χ3n) is 2.69. The monoisotopic (exact) mass is 173 g/mol. The predicted octanol–water partition coefficient (Wildman–Crippen LogP) is 1.93. The Hall–Kier alpha value is -0.0800. The van der Waals surface area contributed by atoms with E-state index in [2.05, 4.69) is 26.1 Å². The summed E-state index contributed by atoms with van der Waals surface area (Å²) in [5.74, 6) is 0. The summed E-state index contributed by atoms with van der Waals surface area (Å²) in [6.07, 6.45) is 4.72.